The standard InChI is InChI=1S/C32H34N2O5/c1-20(2)28(17-26-30(21-11-5-4-6-12-21)34(31(26)36)18-29(35)38-3)33-32(37)39-19-27-24-15-9-7-13-22(24)23-14-8-10-16-25(23)27/h4-16,20,26-28,30H,17-19H2,1-3H3,(H,33,37)/t26-,28-,30-/m0/s1. The number of hydrogen-bond acceptors (Lipinski definition) is 5. The maximum atomic E-state index is 13.1. The van der Waals surface area contributed by atoms with Crippen LogP contribution < -0.4 is 5.32 Å². The number of benzene rings is 3. The van der Waals surface area contributed by atoms with E-state index in [0.29, 0.717) is 6.42 Å². The van der Waals surface area contributed by atoms with Crippen LogP contribution in [-0.4, -0.2) is 49.2 Å². The number of ether oxygens (including phenoxy) is 2. The molecule has 3 aromatic rings. The fraction of sp³-hybridized carbons (Fsp3) is 0.344. The van der Waals surface area contributed by atoms with Gasteiger partial charge in [0.2, 0.25) is 5.91 Å². The summed E-state index contributed by atoms with van der Waals surface area (Å²) < 4.78 is 10.6. The van der Waals surface area contributed by atoms with Crippen molar-refractivity contribution in [2.45, 2.75) is 38.3 Å². The number of amides is 2. The highest BCUT2D eigenvalue weighted by Crippen LogP contribution is 2.45. The van der Waals surface area contributed by atoms with Crippen molar-refractivity contribution < 1.29 is 23.9 Å². The third-order valence-corrected chi connectivity index (χ3v) is 7.94. The highest BCUT2D eigenvalue weighted by molar-refractivity contribution is 5.90. The molecule has 0 saturated carbocycles. The molecule has 1 N–H and O–H groups in total. The topological polar surface area (TPSA) is 84.9 Å². The first kappa shape index (κ1) is 26.5. The van der Waals surface area contributed by atoms with E-state index in [1.807, 2.05) is 68.4 Å². The van der Waals surface area contributed by atoms with Crippen molar-refractivity contribution in [3.8, 4) is 11.1 Å². The third-order valence-electron chi connectivity index (χ3n) is 7.94. The normalized spacial score (nSPS) is 18.7. The summed E-state index contributed by atoms with van der Waals surface area (Å²) in [5.74, 6) is -0.889. The Labute approximate surface area is 229 Å². The van der Waals surface area contributed by atoms with Crippen molar-refractivity contribution in [1.82, 2.24) is 10.2 Å². The summed E-state index contributed by atoms with van der Waals surface area (Å²) in [6, 6.07) is 25.6. The minimum Gasteiger partial charge on any atom is -0.468 e. The van der Waals surface area contributed by atoms with Crippen LogP contribution in [0.2, 0.25) is 0 Å². The smallest absolute Gasteiger partial charge is 0.407 e. The molecular formula is C32H34N2O5. The van der Waals surface area contributed by atoms with Gasteiger partial charge in [0.15, 0.2) is 0 Å². The first-order chi connectivity index (χ1) is 18.9. The average molecular weight is 527 g/mol. The van der Waals surface area contributed by atoms with Crippen molar-refractivity contribution >= 4 is 18.0 Å². The second kappa shape index (κ2) is 11.3. The molecule has 0 unspecified atom stereocenters. The Hall–Kier alpha value is -4.13. The van der Waals surface area contributed by atoms with Gasteiger partial charge in [-0.3, -0.25) is 9.59 Å². The predicted molar refractivity (Wildman–Crippen MR) is 148 cm³/mol. The molecule has 3 aromatic carbocycles. The fourth-order valence-electron chi connectivity index (χ4n) is 5.86. The van der Waals surface area contributed by atoms with Gasteiger partial charge in [0.1, 0.15) is 13.2 Å². The van der Waals surface area contributed by atoms with Crippen LogP contribution in [0.1, 0.15) is 48.9 Å². The summed E-state index contributed by atoms with van der Waals surface area (Å²) in [6.45, 7) is 4.16. The highest BCUT2D eigenvalue weighted by atomic mass is 16.5. The van der Waals surface area contributed by atoms with E-state index in [9.17, 15) is 14.4 Å². The molecule has 1 aliphatic carbocycles. The summed E-state index contributed by atoms with van der Waals surface area (Å²) >= 11 is 0. The summed E-state index contributed by atoms with van der Waals surface area (Å²) in [6.07, 6.45) is -0.0530. The van der Waals surface area contributed by atoms with E-state index in [0.717, 1.165) is 16.7 Å². The Balaban J connectivity index is 1.26. The minimum absolute atomic E-state index is 0.0248. The monoisotopic (exact) mass is 526 g/mol. The lowest BCUT2D eigenvalue weighted by Gasteiger charge is -2.48. The number of methoxy groups -OCH3 is 1. The number of fused-ring (bicyclic) bond motifs is 3. The highest BCUT2D eigenvalue weighted by Gasteiger charge is 2.49. The molecule has 1 heterocycles. The molecule has 1 saturated heterocycles. The van der Waals surface area contributed by atoms with Crippen molar-refractivity contribution in [1.29, 1.82) is 0 Å². The van der Waals surface area contributed by atoms with Crippen LogP contribution in [-0.2, 0) is 19.1 Å². The lowest BCUT2D eigenvalue weighted by atomic mass is 9.77. The number of likely N-dealkylation sites (tertiary alicyclic amines) is 1. The zero-order chi connectivity index (χ0) is 27.5. The van der Waals surface area contributed by atoms with E-state index >= 15 is 0 Å². The van der Waals surface area contributed by atoms with E-state index < -0.39 is 12.1 Å². The van der Waals surface area contributed by atoms with Crippen LogP contribution in [0.3, 0.4) is 0 Å². The molecule has 7 nitrogen and oxygen atoms in total. The predicted octanol–water partition coefficient (Wildman–Crippen LogP) is 5.31. The van der Waals surface area contributed by atoms with Gasteiger partial charge in [-0.25, -0.2) is 4.79 Å². The van der Waals surface area contributed by atoms with E-state index in [1.54, 1.807) is 4.90 Å². The molecule has 0 aromatic heterocycles. The molecule has 202 valence electrons. The molecule has 3 atom stereocenters. The summed E-state index contributed by atoms with van der Waals surface area (Å²) in [4.78, 5) is 39.7. The van der Waals surface area contributed by atoms with Gasteiger partial charge in [-0.05, 0) is 40.2 Å². The Morgan fingerprint density at radius 2 is 1.49 bits per heavy atom. The average Bonchev–Trinajstić information content (AvgIpc) is 3.28. The second-order valence-electron chi connectivity index (χ2n) is 10.6. The Bertz CT molecular complexity index is 1310. The summed E-state index contributed by atoms with van der Waals surface area (Å²) in [7, 11) is 1.31. The van der Waals surface area contributed by atoms with Gasteiger partial charge >= 0.3 is 12.1 Å². The van der Waals surface area contributed by atoms with E-state index in [1.165, 1.54) is 18.2 Å². The number of rotatable bonds is 9. The first-order valence-corrected chi connectivity index (χ1v) is 13.4. The maximum absolute atomic E-state index is 13.1. The third kappa shape index (κ3) is 5.26. The van der Waals surface area contributed by atoms with Crippen LogP contribution in [0, 0.1) is 11.8 Å². The lowest BCUT2D eigenvalue weighted by Crippen LogP contribution is -2.58. The molecule has 0 bridgehead atoms. The van der Waals surface area contributed by atoms with Gasteiger partial charge in [-0.1, -0.05) is 92.7 Å². The Morgan fingerprint density at radius 3 is 2.08 bits per heavy atom. The molecular weight excluding hydrogens is 492 g/mol. The van der Waals surface area contributed by atoms with Gasteiger partial charge in [0.25, 0.3) is 0 Å². The number of alkyl carbamates (subject to hydrolysis) is 1. The molecule has 1 aliphatic heterocycles. The summed E-state index contributed by atoms with van der Waals surface area (Å²) in [5, 5.41) is 3.02. The summed E-state index contributed by atoms with van der Waals surface area (Å²) in [5.41, 5.74) is 5.62. The SMILES string of the molecule is COC(=O)CN1C(=O)[C@@H](C[C@H](NC(=O)OCC2c3ccccc3-c3ccccc32)C(C)C)[C@@H]1c1ccccc1. The van der Waals surface area contributed by atoms with Gasteiger partial charge < -0.3 is 19.7 Å². The van der Waals surface area contributed by atoms with Gasteiger partial charge in [-0.15, -0.1) is 0 Å². The number of nitrogens with one attached hydrogen (secondary N) is 1. The van der Waals surface area contributed by atoms with E-state index in [-0.39, 0.29) is 48.9 Å². The van der Waals surface area contributed by atoms with E-state index in [4.69, 9.17) is 9.47 Å². The fourth-order valence-corrected chi connectivity index (χ4v) is 5.86. The molecule has 7 heteroatoms. The molecule has 39 heavy (non-hydrogen) atoms. The minimum atomic E-state index is -0.495. The van der Waals surface area contributed by atoms with Crippen molar-refractivity contribution in [2.75, 3.05) is 20.3 Å². The molecule has 2 aliphatic rings. The van der Waals surface area contributed by atoms with Crippen LogP contribution in [0.15, 0.2) is 78.9 Å². The van der Waals surface area contributed by atoms with Crippen LogP contribution in [0.4, 0.5) is 4.79 Å². The number of nitrogens with zero attached hydrogens (tertiary/aromatic N) is 1. The molecule has 1 fully saturated rings. The molecule has 5 rings (SSSR count). The molecule has 0 radical (unpaired) electrons. The quantitative estimate of drug-likeness (QED) is 0.302. The number of carbonyl (C=O) groups is 3. The zero-order valence-electron chi connectivity index (χ0n) is 22.5. The first-order valence-electron chi connectivity index (χ1n) is 13.4. The van der Waals surface area contributed by atoms with Gasteiger partial charge in [0.05, 0.1) is 19.1 Å². The Kier molecular flexibility index (Phi) is 7.68. The van der Waals surface area contributed by atoms with Gasteiger partial charge in [-0.2, -0.15) is 0 Å². The second-order valence-corrected chi connectivity index (χ2v) is 10.6. The Morgan fingerprint density at radius 1 is 0.897 bits per heavy atom. The maximum Gasteiger partial charge on any atom is 0.407 e. The molecule has 2 amide bonds. The largest absolute Gasteiger partial charge is 0.468 e. The van der Waals surface area contributed by atoms with Crippen molar-refractivity contribution in [3.05, 3.63) is 95.6 Å². The molecule has 0 spiro atoms. The van der Waals surface area contributed by atoms with Crippen LogP contribution in [0.25, 0.3) is 11.1 Å². The van der Waals surface area contributed by atoms with E-state index in [2.05, 4.69) is 29.6 Å². The van der Waals surface area contributed by atoms with Crippen LogP contribution in [0.5, 0.6) is 0 Å². The van der Waals surface area contributed by atoms with Crippen molar-refractivity contribution in [2.24, 2.45) is 11.8 Å². The number of esters is 1. The van der Waals surface area contributed by atoms with Crippen LogP contribution >= 0.6 is 0 Å². The van der Waals surface area contributed by atoms with Gasteiger partial charge in [0, 0.05) is 12.0 Å². The van der Waals surface area contributed by atoms with Crippen molar-refractivity contribution in [3.63, 3.8) is 0 Å². The zero-order valence-corrected chi connectivity index (χ0v) is 22.5. The number of carbonyl (C=O) groups excluding carboxylic acids is 3. The lowest BCUT2D eigenvalue weighted by molar-refractivity contribution is -0.165. The number of β-lactam (4-membered cyclic amide) rings is 1. The number of hydrogen-bond donors (Lipinski definition) is 1.